The predicted molar refractivity (Wildman–Crippen MR) is 134 cm³/mol. The second-order valence-corrected chi connectivity index (χ2v) is 11.2. The van der Waals surface area contributed by atoms with Gasteiger partial charge in [-0.15, -0.1) is 11.3 Å². The van der Waals surface area contributed by atoms with Gasteiger partial charge < -0.3 is 9.42 Å². The van der Waals surface area contributed by atoms with Crippen LogP contribution in [0.1, 0.15) is 53.0 Å². The molecule has 8 heteroatoms. The maximum atomic E-state index is 5.37. The summed E-state index contributed by atoms with van der Waals surface area (Å²) < 4.78 is 5.37. The Labute approximate surface area is 200 Å². The van der Waals surface area contributed by atoms with Crippen molar-refractivity contribution in [2.24, 2.45) is 5.92 Å². The molecule has 0 bridgehead atoms. The molecule has 0 saturated carbocycles. The lowest BCUT2D eigenvalue weighted by Crippen LogP contribution is -2.46. The van der Waals surface area contributed by atoms with Crippen molar-refractivity contribution in [3.8, 4) is 0 Å². The van der Waals surface area contributed by atoms with Gasteiger partial charge in [-0.25, -0.2) is 9.97 Å². The molecule has 0 aliphatic carbocycles. The quantitative estimate of drug-likeness (QED) is 0.548. The minimum atomic E-state index is 0.838. The van der Waals surface area contributed by atoms with E-state index in [1.54, 1.807) is 0 Å². The Morgan fingerprint density at radius 1 is 0.909 bits per heavy atom. The standard InChI is InChI=1S/C25H36N6OS/c1-16-6-8-29(9-7-16)15-22-26-24(23-17(2)20(5)33-25(23)27-22)31-12-10-30(11-13-31)14-21-18(3)28-32-19(21)4/h16H,6-15H2,1-5H3. The molecule has 3 aromatic rings. The van der Waals surface area contributed by atoms with E-state index in [4.69, 9.17) is 14.5 Å². The van der Waals surface area contributed by atoms with E-state index in [-0.39, 0.29) is 0 Å². The fraction of sp³-hybridized carbons (Fsp3) is 0.640. The molecule has 2 aliphatic rings. The molecular formula is C25H36N6OS. The topological polar surface area (TPSA) is 61.5 Å². The molecule has 2 saturated heterocycles. The summed E-state index contributed by atoms with van der Waals surface area (Å²) in [6.07, 6.45) is 2.55. The van der Waals surface area contributed by atoms with Crippen LogP contribution in [-0.2, 0) is 13.1 Å². The van der Waals surface area contributed by atoms with Crippen molar-refractivity contribution >= 4 is 27.4 Å². The summed E-state index contributed by atoms with van der Waals surface area (Å²) in [4.78, 5) is 20.2. The number of aromatic nitrogens is 3. The second-order valence-electron chi connectivity index (χ2n) is 9.95. The fourth-order valence-corrected chi connectivity index (χ4v) is 6.10. The van der Waals surface area contributed by atoms with E-state index in [1.807, 2.05) is 25.2 Å². The molecule has 2 aliphatic heterocycles. The number of thiophene rings is 1. The van der Waals surface area contributed by atoms with Crippen molar-refractivity contribution in [2.75, 3.05) is 44.2 Å². The van der Waals surface area contributed by atoms with Gasteiger partial charge in [0.05, 0.1) is 17.6 Å². The van der Waals surface area contributed by atoms with Gasteiger partial charge in [-0.3, -0.25) is 9.80 Å². The lowest BCUT2D eigenvalue weighted by Gasteiger charge is -2.36. The summed E-state index contributed by atoms with van der Waals surface area (Å²) in [5, 5.41) is 5.38. The summed E-state index contributed by atoms with van der Waals surface area (Å²) in [5.41, 5.74) is 3.57. The highest BCUT2D eigenvalue weighted by atomic mass is 32.1. The Hall–Kier alpha value is -2.03. The highest BCUT2D eigenvalue weighted by Crippen LogP contribution is 2.36. The Morgan fingerprint density at radius 2 is 1.61 bits per heavy atom. The number of piperazine rings is 1. The zero-order valence-corrected chi connectivity index (χ0v) is 21.5. The van der Waals surface area contributed by atoms with Crippen molar-refractivity contribution in [1.82, 2.24) is 24.9 Å². The maximum Gasteiger partial charge on any atom is 0.146 e. The number of hydrogen-bond donors (Lipinski definition) is 0. The molecule has 5 heterocycles. The van der Waals surface area contributed by atoms with Crippen molar-refractivity contribution in [3.63, 3.8) is 0 Å². The SMILES string of the molecule is Cc1noc(C)c1CN1CCN(c2nc(CN3CCC(C)CC3)nc3sc(C)c(C)c23)CC1. The number of hydrogen-bond acceptors (Lipinski definition) is 8. The molecule has 0 radical (unpaired) electrons. The average molecular weight is 469 g/mol. The van der Waals surface area contributed by atoms with Gasteiger partial charge in [0, 0.05) is 43.2 Å². The molecule has 0 spiro atoms. The third kappa shape index (κ3) is 4.66. The van der Waals surface area contributed by atoms with Crippen molar-refractivity contribution < 1.29 is 4.52 Å². The Kier molecular flexibility index (Phi) is 6.42. The number of aryl methyl sites for hydroxylation is 4. The summed E-state index contributed by atoms with van der Waals surface area (Å²) in [5.74, 6) is 3.89. The van der Waals surface area contributed by atoms with Crippen LogP contribution in [-0.4, -0.2) is 64.2 Å². The van der Waals surface area contributed by atoms with Crippen LogP contribution in [0.2, 0.25) is 0 Å². The van der Waals surface area contributed by atoms with E-state index < -0.39 is 0 Å². The van der Waals surface area contributed by atoms with Crippen LogP contribution in [0.3, 0.4) is 0 Å². The van der Waals surface area contributed by atoms with Crippen LogP contribution in [0.4, 0.5) is 5.82 Å². The molecule has 0 amide bonds. The van der Waals surface area contributed by atoms with Crippen LogP contribution in [0.25, 0.3) is 10.2 Å². The van der Waals surface area contributed by atoms with Gasteiger partial charge in [-0.05, 0) is 65.1 Å². The first-order valence-corrected chi connectivity index (χ1v) is 13.1. The number of likely N-dealkylation sites (tertiary alicyclic amines) is 1. The van der Waals surface area contributed by atoms with E-state index in [2.05, 4.69) is 40.6 Å². The summed E-state index contributed by atoms with van der Waals surface area (Å²) in [6, 6.07) is 0. The van der Waals surface area contributed by atoms with Crippen LogP contribution < -0.4 is 4.90 Å². The Morgan fingerprint density at radius 3 is 2.27 bits per heavy atom. The van der Waals surface area contributed by atoms with Crippen molar-refractivity contribution in [1.29, 1.82) is 0 Å². The highest BCUT2D eigenvalue weighted by Gasteiger charge is 2.25. The number of nitrogens with zero attached hydrogens (tertiary/aromatic N) is 6. The predicted octanol–water partition coefficient (Wildman–Crippen LogP) is 4.47. The van der Waals surface area contributed by atoms with Gasteiger partial charge in [0.2, 0.25) is 0 Å². The van der Waals surface area contributed by atoms with E-state index >= 15 is 0 Å². The number of fused-ring (bicyclic) bond motifs is 1. The Bertz CT molecular complexity index is 1100. The number of rotatable bonds is 5. The second kappa shape index (κ2) is 9.31. The van der Waals surface area contributed by atoms with E-state index in [0.717, 1.165) is 86.2 Å². The molecule has 5 rings (SSSR count). The third-order valence-corrected chi connectivity index (χ3v) is 8.63. The zero-order chi connectivity index (χ0) is 23.1. The molecule has 0 aromatic carbocycles. The van der Waals surface area contributed by atoms with Crippen LogP contribution in [0.15, 0.2) is 4.52 Å². The molecule has 0 unspecified atom stereocenters. The number of piperidine rings is 1. The van der Waals surface area contributed by atoms with Gasteiger partial charge in [-0.2, -0.15) is 0 Å². The maximum absolute atomic E-state index is 5.37. The summed E-state index contributed by atoms with van der Waals surface area (Å²) in [7, 11) is 0. The molecule has 178 valence electrons. The monoisotopic (exact) mass is 468 g/mol. The minimum Gasteiger partial charge on any atom is -0.361 e. The smallest absolute Gasteiger partial charge is 0.146 e. The normalized spacial score (nSPS) is 19.1. The zero-order valence-electron chi connectivity index (χ0n) is 20.6. The lowest BCUT2D eigenvalue weighted by atomic mass is 9.99. The van der Waals surface area contributed by atoms with E-state index in [9.17, 15) is 0 Å². The van der Waals surface area contributed by atoms with Crippen LogP contribution in [0.5, 0.6) is 0 Å². The first kappa shape index (κ1) is 22.7. The van der Waals surface area contributed by atoms with Crippen molar-refractivity contribution in [2.45, 2.75) is 60.5 Å². The molecule has 7 nitrogen and oxygen atoms in total. The Balaban J connectivity index is 1.35. The molecular weight excluding hydrogens is 432 g/mol. The molecule has 2 fully saturated rings. The van der Waals surface area contributed by atoms with E-state index in [0.29, 0.717) is 0 Å². The number of anilines is 1. The van der Waals surface area contributed by atoms with Crippen LogP contribution in [0, 0.1) is 33.6 Å². The molecule has 33 heavy (non-hydrogen) atoms. The first-order chi connectivity index (χ1) is 15.9. The van der Waals surface area contributed by atoms with Crippen molar-refractivity contribution in [3.05, 3.63) is 33.3 Å². The van der Waals surface area contributed by atoms with Gasteiger partial charge in [-0.1, -0.05) is 12.1 Å². The highest BCUT2D eigenvalue weighted by molar-refractivity contribution is 7.18. The fourth-order valence-electron chi connectivity index (χ4n) is 5.06. The van der Waals surface area contributed by atoms with Gasteiger partial charge in [0.25, 0.3) is 0 Å². The van der Waals surface area contributed by atoms with Gasteiger partial charge >= 0.3 is 0 Å². The van der Waals surface area contributed by atoms with Gasteiger partial charge in [0.1, 0.15) is 22.2 Å². The molecule has 3 aromatic heterocycles. The molecule has 0 atom stereocenters. The summed E-state index contributed by atoms with van der Waals surface area (Å²) in [6.45, 7) is 18.9. The minimum absolute atomic E-state index is 0.838. The lowest BCUT2D eigenvalue weighted by molar-refractivity contribution is 0.181. The van der Waals surface area contributed by atoms with Crippen LogP contribution >= 0.6 is 11.3 Å². The first-order valence-electron chi connectivity index (χ1n) is 12.3. The average Bonchev–Trinajstić information content (AvgIpc) is 3.27. The van der Waals surface area contributed by atoms with Gasteiger partial charge in [0.15, 0.2) is 0 Å². The third-order valence-electron chi connectivity index (χ3n) is 7.53. The largest absolute Gasteiger partial charge is 0.361 e. The summed E-state index contributed by atoms with van der Waals surface area (Å²) >= 11 is 1.82. The van der Waals surface area contributed by atoms with E-state index in [1.165, 1.54) is 34.2 Å². The molecule has 0 N–H and O–H groups in total.